The maximum atomic E-state index is 8.87. The van der Waals surface area contributed by atoms with Gasteiger partial charge in [0, 0.05) is 16.9 Å². The minimum atomic E-state index is 0.693. The van der Waals surface area contributed by atoms with Crippen molar-refractivity contribution in [3.05, 3.63) is 59.2 Å². The highest BCUT2D eigenvalue weighted by atomic mass is 14.9. The number of benzene rings is 2. The van der Waals surface area contributed by atoms with Crippen molar-refractivity contribution in [2.45, 2.75) is 6.92 Å². The number of rotatable bonds is 2. The van der Waals surface area contributed by atoms with Gasteiger partial charge in [-0.15, -0.1) is 6.42 Å². The van der Waals surface area contributed by atoms with Crippen LogP contribution >= 0.6 is 0 Å². The van der Waals surface area contributed by atoms with Gasteiger partial charge in [-0.05, 0) is 48.9 Å². The third-order valence-corrected chi connectivity index (χ3v) is 2.66. The Balaban J connectivity index is 2.27. The summed E-state index contributed by atoms with van der Waals surface area (Å²) in [7, 11) is 0. The lowest BCUT2D eigenvalue weighted by atomic mass is 10.1. The predicted octanol–water partition coefficient (Wildman–Crippen LogP) is 3.59. The summed E-state index contributed by atoms with van der Waals surface area (Å²) in [5.74, 6) is 2.60. The highest BCUT2D eigenvalue weighted by Gasteiger charge is 2.00. The van der Waals surface area contributed by atoms with Gasteiger partial charge < -0.3 is 5.32 Å². The smallest absolute Gasteiger partial charge is 0.0994 e. The van der Waals surface area contributed by atoms with E-state index in [0.29, 0.717) is 5.56 Å². The van der Waals surface area contributed by atoms with Crippen LogP contribution < -0.4 is 5.32 Å². The molecule has 0 unspecified atom stereocenters. The van der Waals surface area contributed by atoms with E-state index >= 15 is 0 Å². The van der Waals surface area contributed by atoms with Crippen LogP contribution in [0.25, 0.3) is 0 Å². The molecule has 2 rings (SSSR count). The first-order valence-corrected chi connectivity index (χ1v) is 5.57. The SMILES string of the molecule is C#Cc1cccc(Nc2ccc(C#N)c(C)c2)c1. The molecule has 0 saturated heterocycles. The minimum Gasteiger partial charge on any atom is -0.355 e. The van der Waals surface area contributed by atoms with E-state index in [1.54, 1.807) is 0 Å². The zero-order valence-electron chi connectivity index (χ0n) is 10.1. The van der Waals surface area contributed by atoms with Gasteiger partial charge in [-0.2, -0.15) is 5.26 Å². The van der Waals surface area contributed by atoms with Gasteiger partial charge >= 0.3 is 0 Å². The fourth-order valence-corrected chi connectivity index (χ4v) is 1.72. The summed E-state index contributed by atoms with van der Waals surface area (Å²) in [6.45, 7) is 1.92. The first-order valence-electron chi connectivity index (χ1n) is 5.57. The maximum Gasteiger partial charge on any atom is 0.0994 e. The Morgan fingerprint density at radius 3 is 2.56 bits per heavy atom. The van der Waals surface area contributed by atoms with Crippen molar-refractivity contribution >= 4 is 11.4 Å². The van der Waals surface area contributed by atoms with Crippen molar-refractivity contribution in [1.29, 1.82) is 5.26 Å². The highest BCUT2D eigenvalue weighted by molar-refractivity contribution is 5.63. The van der Waals surface area contributed by atoms with Crippen LogP contribution in [0.1, 0.15) is 16.7 Å². The van der Waals surface area contributed by atoms with Crippen molar-refractivity contribution in [2.24, 2.45) is 0 Å². The van der Waals surface area contributed by atoms with E-state index in [2.05, 4.69) is 17.3 Å². The van der Waals surface area contributed by atoms with Crippen LogP contribution in [0.2, 0.25) is 0 Å². The standard InChI is InChI=1S/C16H12N2/c1-3-13-5-4-6-15(10-13)18-16-8-7-14(11-17)12(2)9-16/h1,4-10,18H,2H3. The minimum absolute atomic E-state index is 0.693. The van der Waals surface area contributed by atoms with Gasteiger partial charge in [0.1, 0.15) is 0 Å². The number of terminal acetylenes is 1. The van der Waals surface area contributed by atoms with E-state index in [-0.39, 0.29) is 0 Å². The van der Waals surface area contributed by atoms with Gasteiger partial charge in [-0.3, -0.25) is 0 Å². The summed E-state index contributed by atoms with van der Waals surface area (Å²) in [6.07, 6.45) is 5.36. The molecule has 0 radical (unpaired) electrons. The molecule has 2 heteroatoms. The number of nitrogens with one attached hydrogen (secondary N) is 1. The first-order chi connectivity index (χ1) is 8.72. The summed E-state index contributed by atoms with van der Waals surface area (Å²) in [4.78, 5) is 0. The van der Waals surface area contributed by atoms with Crippen LogP contribution in [0.3, 0.4) is 0 Å². The Labute approximate surface area is 107 Å². The molecule has 0 amide bonds. The molecule has 0 aromatic heterocycles. The molecule has 2 aromatic carbocycles. The molecule has 0 aliphatic carbocycles. The summed E-state index contributed by atoms with van der Waals surface area (Å²) in [5.41, 5.74) is 4.37. The molecule has 0 aliphatic rings. The summed E-state index contributed by atoms with van der Waals surface area (Å²) in [6, 6.07) is 15.4. The van der Waals surface area contributed by atoms with Crippen molar-refractivity contribution in [2.75, 3.05) is 5.32 Å². The average Bonchev–Trinajstić information content (AvgIpc) is 2.39. The van der Waals surface area contributed by atoms with Gasteiger partial charge in [0.25, 0.3) is 0 Å². The van der Waals surface area contributed by atoms with Crippen LogP contribution in [-0.4, -0.2) is 0 Å². The number of anilines is 2. The first kappa shape index (κ1) is 11.8. The van der Waals surface area contributed by atoms with Crippen molar-refractivity contribution in [1.82, 2.24) is 0 Å². The topological polar surface area (TPSA) is 35.8 Å². The quantitative estimate of drug-likeness (QED) is 0.803. The molecule has 1 N–H and O–H groups in total. The van der Waals surface area contributed by atoms with Crippen molar-refractivity contribution in [3.8, 4) is 18.4 Å². The second-order valence-electron chi connectivity index (χ2n) is 3.99. The van der Waals surface area contributed by atoms with E-state index in [9.17, 15) is 0 Å². The fourth-order valence-electron chi connectivity index (χ4n) is 1.72. The number of hydrogen-bond donors (Lipinski definition) is 1. The number of aryl methyl sites for hydroxylation is 1. The third-order valence-electron chi connectivity index (χ3n) is 2.66. The van der Waals surface area contributed by atoms with Crippen molar-refractivity contribution < 1.29 is 0 Å². The second-order valence-corrected chi connectivity index (χ2v) is 3.99. The lowest BCUT2D eigenvalue weighted by Gasteiger charge is -2.08. The molecule has 2 aromatic rings. The third kappa shape index (κ3) is 2.51. The van der Waals surface area contributed by atoms with Crippen LogP contribution in [0.15, 0.2) is 42.5 Å². The summed E-state index contributed by atoms with van der Waals surface area (Å²) in [5, 5.41) is 12.1. The number of nitriles is 1. The van der Waals surface area contributed by atoms with Crippen LogP contribution in [0.5, 0.6) is 0 Å². The predicted molar refractivity (Wildman–Crippen MR) is 73.6 cm³/mol. The Morgan fingerprint density at radius 2 is 1.89 bits per heavy atom. The molecular formula is C16H12N2. The zero-order valence-corrected chi connectivity index (χ0v) is 10.1. The number of hydrogen-bond acceptors (Lipinski definition) is 2. The van der Waals surface area contributed by atoms with E-state index in [1.807, 2.05) is 49.4 Å². The zero-order chi connectivity index (χ0) is 13.0. The second kappa shape index (κ2) is 5.08. The van der Waals surface area contributed by atoms with Gasteiger partial charge in [0.05, 0.1) is 11.6 Å². The van der Waals surface area contributed by atoms with Crippen molar-refractivity contribution in [3.63, 3.8) is 0 Å². The molecular weight excluding hydrogens is 220 g/mol. The molecule has 0 saturated carbocycles. The fraction of sp³-hybridized carbons (Fsp3) is 0.0625. The van der Waals surface area contributed by atoms with Crippen LogP contribution in [0.4, 0.5) is 11.4 Å². The molecule has 86 valence electrons. The molecule has 0 heterocycles. The van der Waals surface area contributed by atoms with Gasteiger partial charge in [-0.1, -0.05) is 12.0 Å². The van der Waals surface area contributed by atoms with E-state index in [4.69, 9.17) is 11.7 Å². The van der Waals surface area contributed by atoms with Gasteiger partial charge in [0.15, 0.2) is 0 Å². The molecule has 0 bridgehead atoms. The monoisotopic (exact) mass is 232 g/mol. The van der Waals surface area contributed by atoms with Gasteiger partial charge in [-0.25, -0.2) is 0 Å². The number of nitrogens with zero attached hydrogens (tertiary/aromatic N) is 1. The lowest BCUT2D eigenvalue weighted by molar-refractivity contribution is 1.38. The summed E-state index contributed by atoms with van der Waals surface area (Å²) < 4.78 is 0. The highest BCUT2D eigenvalue weighted by Crippen LogP contribution is 2.20. The molecule has 18 heavy (non-hydrogen) atoms. The lowest BCUT2D eigenvalue weighted by Crippen LogP contribution is -1.92. The Morgan fingerprint density at radius 1 is 1.11 bits per heavy atom. The van der Waals surface area contributed by atoms with E-state index in [1.165, 1.54) is 0 Å². The largest absolute Gasteiger partial charge is 0.355 e. The van der Waals surface area contributed by atoms with E-state index < -0.39 is 0 Å². The normalized spacial score (nSPS) is 9.28. The maximum absolute atomic E-state index is 8.87. The average molecular weight is 232 g/mol. The Bertz CT molecular complexity index is 658. The summed E-state index contributed by atoms with van der Waals surface area (Å²) >= 11 is 0. The molecule has 0 spiro atoms. The van der Waals surface area contributed by atoms with E-state index in [0.717, 1.165) is 22.5 Å². The van der Waals surface area contributed by atoms with Crippen LogP contribution in [-0.2, 0) is 0 Å². The molecule has 0 atom stereocenters. The molecule has 0 fully saturated rings. The Kier molecular flexibility index (Phi) is 3.32. The van der Waals surface area contributed by atoms with Gasteiger partial charge in [0.2, 0.25) is 0 Å². The Hall–Kier alpha value is -2.71. The molecule has 0 aliphatic heterocycles. The van der Waals surface area contributed by atoms with Crippen LogP contribution in [0, 0.1) is 30.6 Å². The molecule has 2 nitrogen and oxygen atoms in total.